The summed E-state index contributed by atoms with van der Waals surface area (Å²) in [5.74, 6) is 1.81. The van der Waals surface area contributed by atoms with Crippen molar-refractivity contribution in [2.75, 3.05) is 0 Å². The maximum Gasteiger partial charge on any atom is 0.164 e. The molecular weight excluding hydrogens is 637 g/mol. The van der Waals surface area contributed by atoms with E-state index in [2.05, 4.69) is 114 Å². The van der Waals surface area contributed by atoms with Gasteiger partial charge in [-0.3, -0.25) is 0 Å². The molecule has 0 N–H and O–H groups in total. The summed E-state index contributed by atoms with van der Waals surface area (Å²) in [5.41, 5.74) is 7.74. The lowest BCUT2D eigenvalue weighted by Crippen LogP contribution is -2.02. The van der Waals surface area contributed by atoms with Crippen LogP contribution in [0.3, 0.4) is 0 Å². The van der Waals surface area contributed by atoms with Crippen molar-refractivity contribution in [3.63, 3.8) is 0 Å². The van der Waals surface area contributed by atoms with Crippen molar-refractivity contribution in [2.24, 2.45) is 0 Å². The van der Waals surface area contributed by atoms with E-state index in [4.69, 9.17) is 19.4 Å². The minimum Gasteiger partial charge on any atom is -0.456 e. The quantitative estimate of drug-likeness (QED) is 0.188. The van der Waals surface area contributed by atoms with Crippen LogP contribution in [0.2, 0.25) is 0 Å². The normalized spacial score (nSPS) is 11.8. The molecular formula is C47H28N4O. The summed E-state index contributed by atoms with van der Waals surface area (Å²) in [6, 6.07) is 59.3. The Morgan fingerprint density at radius 3 is 1.87 bits per heavy atom. The van der Waals surface area contributed by atoms with Gasteiger partial charge in [0.2, 0.25) is 0 Å². The van der Waals surface area contributed by atoms with Crippen LogP contribution in [0.4, 0.5) is 0 Å². The maximum absolute atomic E-state index is 6.27. The molecule has 0 unspecified atom stereocenters. The van der Waals surface area contributed by atoms with Gasteiger partial charge in [-0.05, 0) is 58.6 Å². The molecule has 5 heteroatoms. The molecule has 3 heterocycles. The average molecular weight is 665 g/mol. The van der Waals surface area contributed by atoms with Gasteiger partial charge in [-0.2, -0.15) is 0 Å². The lowest BCUT2D eigenvalue weighted by atomic mass is 10.0. The highest BCUT2D eigenvalue weighted by Gasteiger charge is 2.20. The first-order valence-electron chi connectivity index (χ1n) is 17.4. The van der Waals surface area contributed by atoms with E-state index in [0.29, 0.717) is 17.5 Å². The van der Waals surface area contributed by atoms with Gasteiger partial charge in [0.15, 0.2) is 17.5 Å². The second-order valence-electron chi connectivity index (χ2n) is 13.2. The third-order valence-electron chi connectivity index (χ3n) is 10.2. The van der Waals surface area contributed by atoms with Crippen LogP contribution in [0.15, 0.2) is 174 Å². The molecule has 0 radical (unpaired) electrons. The van der Waals surface area contributed by atoms with Gasteiger partial charge in [-0.15, -0.1) is 0 Å². The summed E-state index contributed by atoms with van der Waals surface area (Å²) < 4.78 is 8.68. The van der Waals surface area contributed by atoms with Crippen LogP contribution in [-0.2, 0) is 0 Å². The summed E-state index contributed by atoms with van der Waals surface area (Å²) in [6.45, 7) is 0. The fourth-order valence-electron chi connectivity index (χ4n) is 7.82. The van der Waals surface area contributed by atoms with Gasteiger partial charge in [-0.1, -0.05) is 127 Å². The molecule has 0 atom stereocenters. The highest BCUT2D eigenvalue weighted by Crippen LogP contribution is 2.40. The van der Waals surface area contributed by atoms with E-state index in [0.717, 1.165) is 66.1 Å². The highest BCUT2D eigenvalue weighted by molar-refractivity contribution is 6.15. The summed E-state index contributed by atoms with van der Waals surface area (Å²) in [5, 5.41) is 9.14. The number of hydrogen-bond donors (Lipinski definition) is 0. The fourth-order valence-corrected chi connectivity index (χ4v) is 7.82. The van der Waals surface area contributed by atoms with E-state index < -0.39 is 0 Å². The standard InChI is InChI=1S/C47H28N4O/c1-2-13-29(14-3-1)45-48-46(50-47(49-45)37-21-12-24-43-44(37)36-20-9-11-23-42(36)52-43)33-25-32-17-6-7-18-34(32)40(28-33)51-39-22-10-8-19-35(39)38-26-30-15-4-5-16-31(30)27-41(38)51/h1-28H. The summed E-state index contributed by atoms with van der Waals surface area (Å²) in [4.78, 5) is 15.5. The number of furan rings is 1. The number of nitrogens with zero attached hydrogens (tertiary/aromatic N) is 4. The number of benzene rings is 8. The van der Waals surface area contributed by atoms with Crippen molar-refractivity contribution in [2.45, 2.75) is 0 Å². The molecule has 11 aromatic rings. The zero-order valence-corrected chi connectivity index (χ0v) is 27.9. The van der Waals surface area contributed by atoms with Crippen LogP contribution in [0, 0.1) is 0 Å². The largest absolute Gasteiger partial charge is 0.456 e. The summed E-state index contributed by atoms with van der Waals surface area (Å²) in [7, 11) is 0. The van der Waals surface area contributed by atoms with Crippen molar-refractivity contribution >= 4 is 65.3 Å². The molecule has 0 amide bonds. The first-order chi connectivity index (χ1) is 25.8. The Morgan fingerprint density at radius 1 is 0.385 bits per heavy atom. The first-order valence-corrected chi connectivity index (χ1v) is 17.4. The van der Waals surface area contributed by atoms with E-state index >= 15 is 0 Å². The number of hydrogen-bond acceptors (Lipinski definition) is 4. The minimum atomic E-state index is 0.596. The maximum atomic E-state index is 6.27. The zero-order valence-electron chi connectivity index (χ0n) is 27.9. The highest BCUT2D eigenvalue weighted by atomic mass is 16.3. The van der Waals surface area contributed by atoms with Gasteiger partial charge in [0.1, 0.15) is 11.2 Å². The number of para-hydroxylation sites is 2. The molecule has 0 aliphatic rings. The Hall–Kier alpha value is -7.11. The molecule has 0 saturated heterocycles. The Morgan fingerprint density at radius 2 is 1.02 bits per heavy atom. The van der Waals surface area contributed by atoms with Gasteiger partial charge in [0, 0.05) is 43.6 Å². The monoisotopic (exact) mass is 664 g/mol. The van der Waals surface area contributed by atoms with Crippen molar-refractivity contribution in [3.8, 4) is 39.9 Å². The molecule has 3 aromatic heterocycles. The second-order valence-corrected chi connectivity index (χ2v) is 13.2. The fraction of sp³-hybridized carbons (Fsp3) is 0. The third kappa shape index (κ3) is 4.39. The smallest absolute Gasteiger partial charge is 0.164 e. The van der Waals surface area contributed by atoms with E-state index in [1.54, 1.807) is 0 Å². The number of aromatic nitrogens is 4. The summed E-state index contributed by atoms with van der Waals surface area (Å²) in [6.07, 6.45) is 0. The van der Waals surface area contributed by atoms with Crippen LogP contribution in [0.1, 0.15) is 0 Å². The predicted octanol–water partition coefficient (Wildman–Crippen LogP) is 12.2. The van der Waals surface area contributed by atoms with Crippen molar-refractivity contribution in [1.82, 2.24) is 19.5 Å². The van der Waals surface area contributed by atoms with Crippen molar-refractivity contribution in [1.29, 1.82) is 0 Å². The zero-order chi connectivity index (χ0) is 34.2. The lowest BCUT2D eigenvalue weighted by molar-refractivity contribution is 0.669. The number of rotatable bonds is 4. The van der Waals surface area contributed by atoms with E-state index in [1.165, 1.54) is 21.5 Å². The van der Waals surface area contributed by atoms with E-state index in [9.17, 15) is 0 Å². The van der Waals surface area contributed by atoms with E-state index in [-0.39, 0.29) is 0 Å². The topological polar surface area (TPSA) is 56.7 Å². The van der Waals surface area contributed by atoms with E-state index in [1.807, 2.05) is 60.7 Å². The Labute approximate surface area is 298 Å². The molecule has 8 aromatic carbocycles. The second kappa shape index (κ2) is 11.2. The van der Waals surface area contributed by atoms with Gasteiger partial charge in [-0.25, -0.2) is 15.0 Å². The minimum absolute atomic E-state index is 0.596. The lowest BCUT2D eigenvalue weighted by Gasteiger charge is -2.15. The molecule has 0 spiro atoms. The van der Waals surface area contributed by atoms with Crippen LogP contribution in [-0.4, -0.2) is 19.5 Å². The first kappa shape index (κ1) is 28.7. The van der Waals surface area contributed by atoms with Gasteiger partial charge < -0.3 is 8.98 Å². The third-order valence-corrected chi connectivity index (χ3v) is 10.2. The van der Waals surface area contributed by atoms with Crippen LogP contribution in [0.25, 0.3) is 105 Å². The molecule has 5 nitrogen and oxygen atoms in total. The Balaban J connectivity index is 1.21. The molecule has 242 valence electrons. The van der Waals surface area contributed by atoms with Crippen LogP contribution < -0.4 is 0 Å². The van der Waals surface area contributed by atoms with Gasteiger partial charge in [0.05, 0.1) is 16.7 Å². The van der Waals surface area contributed by atoms with Crippen LogP contribution >= 0.6 is 0 Å². The van der Waals surface area contributed by atoms with Crippen molar-refractivity contribution in [3.05, 3.63) is 170 Å². The molecule has 52 heavy (non-hydrogen) atoms. The molecule has 0 aliphatic heterocycles. The Kier molecular flexibility index (Phi) is 6.18. The number of fused-ring (bicyclic) bond motifs is 8. The van der Waals surface area contributed by atoms with Crippen molar-refractivity contribution < 1.29 is 4.42 Å². The Bertz CT molecular complexity index is 3190. The molecule has 0 fully saturated rings. The molecule has 0 bridgehead atoms. The van der Waals surface area contributed by atoms with Crippen LogP contribution in [0.5, 0.6) is 0 Å². The van der Waals surface area contributed by atoms with Gasteiger partial charge >= 0.3 is 0 Å². The predicted molar refractivity (Wildman–Crippen MR) is 213 cm³/mol. The van der Waals surface area contributed by atoms with Gasteiger partial charge in [0.25, 0.3) is 0 Å². The molecule has 0 saturated carbocycles. The average Bonchev–Trinajstić information content (AvgIpc) is 3.75. The molecule has 11 rings (SSSR count). The molecule has 0 aliphatic carbocycles. The SMILES string of the molecule is c1ccc(-c2nc(-c3cc(-n4c5ccccc5c5cc6ccccc6cc54)c4ccccc4c3)nc(-c3cccc4oc5ccccc5c34)n2)cc1. The summed E-state index contributed by atoms with van der Waals surface area (Å²) >= 11 is 0.